The van der Waals surface area contributed by atoms with Crippen LogP contribution in [0.25, 0.3) is 0 Å². The van der Waals surface area contributed by atoms with Crippen molar-refractivity contribution in [2.75, 3.05) is 0 Å². The standard InChI is InChI=1S/C31H36N2O2/c1-6-28-13-29(21(2)3)16-30(14-28,24-9-7-22(4)11-26(24)34-19-32)18-31(15-28,17-29)25-10-8-23(5)12-27(25)35-20-33/h7-12,21H,6,13-18H2,1-5H3. The predicted molar refractivity (Wildman–Crippen MR) is 136 cm³/mol. The van der Waals surface area contributed by atoms with Crippen LogP contribution >= 0.6 is 0 Å². The Hall–Kier alpha value is -2.98. The first-order valence-corrected chi connectivity index (χ1v) is 13.0. The Labute approximate surface area is 209 Å². The molecule has 4 nitrogen and oxygen atoms in total. The molecular formula is C31H36N2O2. The maximum Gasteiger partial charge on any atom is 0.292 e. The van der Waals surface area contributed by atoms with Crippen LogP contribution in [-0.2, 0) is 10.8 Å². The third-order valence-corrected chi connectivity index (χ3v) is 9.91. The Morgan fingerprint density at radius 3 is 1.66 bits per heavy atom. The minimum absolute atomic E-state index is 0.0797. The van der Waals surface area contributed by atoms with Gasteiger partial charge in [0.05, 0.1) is 0 Å². The first-order valence-electron chi connectivity index (χ1n) is 13.0. The van der Waals surface area contributed by atoms with Gasteiger partial charge in [-0.25, -0.2) is 0 Å². The summed E-state index contributed by atoms with van der Waals surface area (Å²) in [5.74, 6) is 1.96. The second kappa shape index (κ2) is 8.03. The molecule has 4 saturated carbocycles. The van der Waals surface area contributed by atoms with E-state index in [1.54, 1.807) is 0 Å². The summed E-state index contributed by atoms with van der Waals surface area (Å²) in [6.07, 6.45) is 11.8. The lowest BCUT2D eigenvalue weighted by atomic mass is 9.32. The molecule has 2 aromatic rings. The fourth-order valence-electron chi connectivity index (χ4n) is 8.89. The molecule has 4 aliphatic carbocycles. The highest BCUT2D eigenvalue weighted by Gasteiger charge is 2.69. The topological polar surface area (TPSA) is 66.0 Å². The van der Waals surface area contributed by atoms with Gasteiger partial charge in [-0.15, -0.1) is 10.5 Å². The van der Waals surface area contributed by atoms with Crippen molar-refractivity contribution in [3.63, 3.8) is 0 Å². The van der Waals surface area contributed by atoms with Gasteiger partial charge in [0.1, 0.15) is 11.5 Å². The van der Waals surface area contributed by atoms with E-state index in [4.69, 9.17) is 9.47 Å². The number of nitriles is 2. The Kier molecular flexibility index (Phi) is 5.45. The first-order chi connectivity index (χ1) is 16.6. The summed E-state index contributed by atoms with van der Waals surface area (Å²) in [4.78, 5) is 0. The zero-order valence-corrected chi connectivity index (χ0v) is 21.7. The monoisotopic (exact) mass is 468 g/mol. The van der Waals surface area contributed by atoms with Crippen LogP contribution in [0.4, 0.5) is 0 Å². The van der Waals surface area contributed by atoms with Gasteiger partial charge in [-0.2, -0.15) is 0 Å². The highest BCUT2D eigenvalue weighted by Crippen LogP contribution is 2.77. The molecule has 0 spiro atoms. The molecule has 0 N–H and O–H groups in total. The predicted octanol–water partition coefficient (Wildman–Crippen LogP) is 7.62. The van der Waals surface area contributed by atoms with Crippen molar-refractivity contribution in [2.24, 2.45) is 16.7 Å². The summed E-state index contributed by atoms with van der Waals surface area (Å²) >= 11 is 0. The Balaban J connectivity index is 1.78. The lowest BCUT2D eigenvalue weighted by Crippen LogP contribution is -2.65. The number of hydrogen-bond acceptors (Lipinski definition) is 4. The molecule has 0 aliphatic heterocycles. The second-order valence-electron chi connectivity index (χ2n) is 12.4. The van der Waals surface area contributed by atoms with Crippen LogP contribution in [0.5, 0.6) is 11.5 Å². The van der Waals surface area contributed by atoms with Crippen molar-refractivity contribution < 1.29 is 9.47 Å². The third-order valence-electron chi connectivity index (χ3n) is 9.91. The molecule has 35 heavy (non-hydrogen) atoms. The Bertz CT molecular complexity index is 1170. The number of benzene rings is 2. The summed E-state index contributed by atoms with van der Waals surface area (Å²) in [5.41, 5.74) is 4.82. The summed E-state index contributed by atoms with van der Waals surface area (Å²) in [7, 11) is 0. The van der Waals surface area contributed by atoms with Gasteiger partial charge in [0.15, 0.2) is 0 Å². The molecule has 0 aromatic heterocycles. The van der Waals surface area contributed by atoms with Crippen LogP contribution in [-0.4, -0.2) is 0 Å². The molecule has 6 rings (SSSR count). The molecule has 4 aliphatic rings. The quantitative estimate of drug-likeness (QED) is 0.409. The van der Waals surface area contributed by atoms with Gasteiger partial charge in [0.2, 0.25) is 0 Å². The maximum atomic E-state index is 9.48. The zero-order chi connectivity index (χ0) is 25.1. The Morgan fingerprint density at radius 1 is 0.771 bits per heavy atom. The van der Waals surface area contributed by atoms with Gasteiger partial charge in [0, 0.05) is 22.0 Å². The van der Waals surface area contributed by atoms with Crippen molar-refractivity contribution in [2.45, 2.75) is 90.4 Å². The van der Waals surface area contributed by atoms with E-state index in [-0.39, 0.29) is 21.7 Å². The van der Waals surface area contributed by atoms with Crippen molar-refractivity contribution in [3.05, 3.63) is 58.7 Å². The summed E-state index contributed by atoms with van der Waals surface area (Å²) in [6, 6.07) is 12.8. The number of nitrogens with zero attached hydrogens (tertiary/aromatic N) is 2. The van der Waals surface area contributed by atoms with E-state index >= 15 is 0 Å². The van der Waals surface area contributed by atoms with Crippen molar-refractivity contribution in [1.82, 2.24) is 0 Å². The van der Waals surface area contributed by atoms with Crippen LogP contribution < -0.4 is 9.47 Å². The number of rotatable bonds is 6. The normalized spacial score (nSPS) is 32.8. The van der Waals surface area contributed by atoms with E-state index in [2.05, 4.69) is 58.9 Å². The molecule has 4 fully saturated rings. The fraction of sp³-hybridized carbons (Fsp3) is 0.548. The average molecular weight is 469 g/mol. The van der Waals surface area contributed by atoms with Gasteiger partial charge in [0.25, 0.3) is 12.5 Å². The van der Waals surface area contributed by atoms with Crippen molar-refractivity contribution in [1.29, 1.82) is 10.5 Å². The maximum absolute atomic E-state index is 9.48. The number of hydrogen-bond donors (Lipinski definition) is 0. The third kappa shape index (κ3) is 3.53. The van der Waals surface area contributed by atoms with Crippen LogP contribution in [0.2, 0.25) is 0 Å². The average Bonchev–Trinajstić information content (AvgIpc) is 2.78. The summed E-state index contributed by atoms with van der Waals surface area (Å²) in [6.45, 7) is 11.2. The molecule has 2 atom stereocenters. The highest BCUT2D eigenvalue weighted by molar-refractivity contribution is 5.51. The Morgan fingerprint density at radius 2 is 1.26 bits per heavy atom. The molecule has 0 saturated heterocycles. The number of ether oxygens (including phenoxy) is 2. The van der Waals surface area contributed by atoms with Gasteiger partial charge in [-0.1, -0.05) is 51.5 Å². The minimum atomic E-state index is -0.0797. The smallest absolute Gasteiger partial charge is 0.292 e. The summed E-state index contributed by atoms with van der Waals surface area (Å²) in [5, 5.41) is 19.0. The van der Waals surface area contributed by atoms with E-state index in [0.29, 0.717) is 17.4 Å². The molecule has 2 aromatic carbocycles. The first kappa shape index (κ1) is 23.7. The van der Waals surface area contributed by atoms with Crippen LogP contribution in [0, 0.1) is 53.6 Å². The van der Waals surface area contributed by atoms with Crippen molar-refractivity contribution in [3.8, 4) is 24.0 Å². The van der Waals surface area contributed by atoms with Gasteiger partial charge in [-0.05, 0) is 92.4 Å². The zero-order valence-electron chi connectivity index (χ0n) is 21.7. The van der Waals surface area contributed by atoms with E-state index in [0.717, 1.165) is 49.7 Å². The van der Waals surface area contributed by atoms with Gasteiger partial charge >= 0.3 is 0 Å². The van der Waals surface area contributed by atoms with Gasteiger partial charge < -0.3 is 9.47 Å². The van der Waals surface area contributed by atoms with Crippen molar-refractivity contribution >= 4 is 0 Å². The van der Waals surface area contributed by atoms with Gasteiger partial charge in [-0.3, -0.25) is 0 Å². The van der Waals surface area contributed by atoms with Crippen LogP contribution in [0.3, 0.4) is 0 Å². The second-order valence-corrected chi connectivity index (χ2v) is 12.4. The molecule has 0 radical (unpaired) electrons. The highest BCUT2D eigenvalue weighted by atomic mass is 16.5. The van der Waals surface area contributed by atoms with E-state index in [9.17, 15) is 10.5 Å². The lowest BCUT2D eigenvalue weighted by molar-refractivity contribution is -0.161. The van der Waals surface area contributed by atoms with E-state index in [1.807, 2.05) is 24.6 Å². The van der Waals surface area contributed by atoms with Crippen LogP contribution in [0.1, 0.15) is 88.0 Å². The molecule has 4 heteroatoms. The molecule has 0 heterocycles. The van der Waals surface area contributed by atoms with Crippen LogP contribution in [0.15, 0.2) is 36.4 Å². The molecular weight excluding hydrogens is 432 g/mol. The number of aryl methyl sites for hydroxylation is 2. The molecule has 182 valence electrons. The van der Waals surface area contributed by atoms with E-state index < -0.39 is 0 Å². The van der Waals surface area contributed by atoms with E-state index in [1.165, 1.54) is 17.5 Å². The minimum Gasteiger partial charge on any atom is -0.388 e. The molecule has 0 amide bonds. The molecule has 2 unspecified atom stereocenters. The lowest BCUT2D eigenvalue weighted by Gasteiger charge is -2.72. The summed E-state index contributed by atoms with van der Waals surface area (Å²) < 4.78 is 11.2. The largest absolute Gasteiger partial charge is 0.388 e. The fourth-order valence-corrected chi connectivity index (χ4v) is 8.89. The SMILES string of the molecule is CCC12CC3(c4ccc(C)cc4OC#N)CC(c4ccc(C)cc4OC#N)(C1)CC(C(C)C)(C2)C3. The molecule has 4 bridgehead atoms.